The van der Waals surface area contributed by atoms with E-state index in [0.29, 0.717) is 48.6 Å². The molecule has 1 aromatic heterocycles. The Balaban J connectivity index is 0.00000225. The largest absolute Gasteiger partial charge is 0.353 e. The topological polar surface area (TPSA) is 80.0 Å². The molecule has 3 heterocycles. The number of fused-ring (bicyclic) bond motifs is 2. The van der Waals surface area contributed by atoms with Crippen LogP contribution in [0.5, 0.6) is 0 Å². The minimum absolute atomic E-state index is 0. The van der Waals surface area contributed by atoms with Crippen LogP contribution in [0.15, 0.2) is 28.8 Å². The summed E-state index contributed by atoms with van der Waals surface area (Å²) in [6.45, 7) is 4.34. The summed E-state index contributed by atoms with van der Waals surface area (Å²) in [5.41, 5.74) is 2.22. The molecule has 2 bridgehead atoms. The number of hydrogen-bond acceptors (Lipinski definition) is 5. The lowest BCUT2D eigenvalue weighted by atomic mass is 9.99. The average Bonchev–Trinajstić information content (AvgIpc) is 3.26. The van der Waals surface area contributed by atoms with Crippen LogP contribution in [0.1, 0.15) is 63.3 Å². The third-order valence-electron chi connectivity index (χ3n) is 5.71. The molecule has 2 aliphatic rings. The van der Waals surface area contributed by atoms with Gasteiger partial charge < -0.3 is 15.2 Å². The number of aromatic nitrogens is 2. The molecule has 1 aromatic carbocycles. The third-order valence-corrected chi connectivity index (χ3v) is 5.71. The van der Waals surface area contributed by atoms with Crippen molar-refractivity contribution >= 4 is 18.3 Å². The minimum atomic E-state index is 0. The van der Waals surface area contributed by atoms with Crippen molar-refractivity contribution in [1.29, 1.82) is 0 Å². The van der Waals surface area contributed by atoms with Crippen LogP contribution in [0.4, 0.5) is 0 Å². The molecule has 4 rings (SSSR count). The van der Waals surface area contributed by atoms with Crippen LogP contribution in [-0.2, 0) is 11.2 Å². The first-order valence-electron chi connectivity index (χ1n) is 10.0. The maximum atomic E-state index is 12.3. The van der Waals surface area contributed by atoms with Crippen molar-refractivity contribution in [2.24, 2.45) is 0 Å². The molecule has 0 spiro atoms. The molecular weight excluding hydrogens is 376 g/mol. The molecule has 152 valence electrons. The number of aryl methyl sites for hydroxylation is 1. The summed E-state index contributed by atoms with van der Waals surface area (Å²) in [6, 6.07) is 9.67. The standard InChI is InChI=1S/C21H28N4O2.ClH/c1-13(2)14-3-5-15(6-4-14)21-24-20(27-25-21)10-9-19(26)23-18-11-16-7-8-17(12-18)22-16;/h3-6,13,16-18,22H,7-12H2,1-2H3,(H,23,26);1H. The molecule has 2 fully saturated rings. The highest BCUT2D eigenvalue weighted by molar-refractivity contribution is 5.85. The highest BCUT2D eigenvalue weighted by Crippen LogP contribution is 2.27. The maximum absolute atomic E-state index is 12.3. The number of nitrogens with one attached hydrogen (secondary N) is 2. The number of carbonyl (C=O) groups is 1. The second kappa shape index (κ2) is 9.05. The first-order valence-corrected chi connectivity index (χ1v) is 10.0. The lowest BCUT2D eigenvalue weighted by Crippen LogP contribution is -2.48. The molecule has 0 aliphatic carbocycles. The Kier molecular flexibility index (Phi) is 6.73. The van der Waals surface area contributed by atoms with Crippen molar-refractivity contribution in [2.75, 3.05) is 0 Å². The number of carbonyl (C=O) groups excluding carboxylic acids is 1. The molecule has 7 heteroatoms. The molecule has 1 amide bonds. The molecule has 2 unspecified atom stereocenters. The van der Waals surface area contributed by atoms with Crippen LogP contribution in [0.3, 0.4) is 0 Å². The summed E-state index contributed by atoms with van der Waals surface area (Å²) in [4.78, 5) is 16.7. The minimum Gasteiger partial charge on any atom is -0.353 e. The number of piperidine rings is 1. The number of hydrogen-bond donors (Lipinski definition) is 2. The predicted octanol–water partition coefficient (Wildman–Crippen LogP) is 3.61. The zero-order valence-corrected chi connectivity index (χ0v) is 17.3. The number of rotatable bonds is 6. The Bertz CT molecular complexity index is 778. The average molecular weight is 405 g/mol. The summed E-state index contributed by atoms with van der Waals surface area (Å²) >= 11 is 0. The van der Waals surface area contributed by atoms with E-state index in [4.69, 9.17) is 4.52 Å². The smallest absolute Gasteiger partial charge is 0.227 e. The summed E-state index contributed by atoms with van der Waals surface area (Å²) in [5.74, 6) is 1.66. The summed E-state index contributed by atoms with van der Waals surface area (Å²) in [5, 5.41) is 10.8. The van der Waals surface area contributed by atoms with Crippen molar-refractivity contribution in [3.8, 4) is 11.4 Å². The van der Waals surface area contributed by atoms with Crippen LogP contribution < -0.4 is 10.6 Å². The van der Waals surface area contributed by atoms with E-state index >= 15 is 0 Å². The van der Waals surface area contributed by atoms with Gasteiger partial charge in [0.05, 0.1) is 0 Å². The third kappa shape index (κ3) is 4.92. The first kappa shape index (κ1) is 20.8. The van der Waals surface area contributed by atoms with Gasteiger partial charge in [-0.25, -0.2) is 0 Å². The van der Waals surface area contributed by atoms with Crippen LogP contribution in [0.2, 0.25) is 0 Å². The Morgan fingerprint density at radius 3 is 2.54 bits per heavy atom. The van der Waals surface area contributed by atoms with Crippen LogP contribution >= 0.6 is 12.4 Å². The molecule has 6 nitrogen and oxygen atoms in total. The highest BCUT2D eigenvalue weighted by atomic mass is 35.5. The van der Waals surface area contributed by atoms with Gasteiger partial charge in [0, 0.05) is 36.5 Å². The molecular formula is C21H29ClN4O2. The number of nitrogens with zero attached hydrogens (tertiary/aromatic N) is 2. The number of halogens is 1. The molecule has 0 saturated carbocycles. The van der Waals surface area contributed by atoms with Gasteiger partial charge in [-0.2, -0.15) is 4.98 Å². The van der Waals surface area contributed by atoms with E-state index in [1.807, 2.05) is 12.1 Å². The lowest BCUT2D eigenvalue weighted by Gasteiger charge is -2.29. The van der Waals surface area contributed by atoms with Gasteiger partial charge in [-0.1, -0.05) is 43.3 Å². The van der Waals surface area contributed by atoms with E-state index < -0.39 is 0 Å². The molecule has 2 N–H and O–H groups in total. The number of amides is 1. The van der Waals surface area contributed by atoms with Gasteiger partial charge in [-0.3, -0.25) is 4.79 Å². The molecule has 28 heavy (non-hydrogen) atoms. The quantitative estimate of drug-likeness (QED) is 0.768. The van der Waals surface area contributed by atoms with Gasteiger partial charge in [-0.05, 0) is 37.2 Å². The monoisotopic (exact) mass is 404 g/mol. The second-order valence-electron chi connectivity index (χ2n) is 8.16. The van der Waals surface area contributed by atoms with Crippen molar-refractivity contribution in [1.82, 2.24) is 20.8 Å². The van der Waals surface area contributed by atoms with Gasteiger partial charge in [0.1, 0.15) is 0 Å². The summed E-state index contributed by atoms with van der Waals surface area (Å²) in [7, 11) is 0. The lowest BCUT2D eigenvalue weighted by molar-refractivity contribution is -0.122. The van der Waals surface area contributed by atoms with E-state index in [1.165, 1.54) is 18.4 Å². The number of benzene rings is 1. The first-order chi connectivity index (χ1) is 13.1. The molecule has 0 radical (unpaired) electrons. The van der Waals surface area contributed by atoms with Gasteiger partial charge >= 0.3 is 0 Å². The van der Waals surface area contributed by atoms with Crippen molar-refractivity contribution in [3.05, 3.63) is 35.7 Å². The fourth-order valence-electron chi connectivity index (χ4n) is 4.19. The molecule has 2 aliphatic heterocycles. The van der Waals surface area contributed by atoms with Crippen LogP contribution in [-0.4, -0.2) is 34.2 Å². The maximum Gasteiger partial charge on any atom is 0.227 e. The van der Waals surface area contributed by atoms with E-state index in [2.05, 4.69) is 46.8 Å². The SMILES string of the molecule is CC(C)c1ccc(-c2noc(CCC(=O)NC3CC4CCC(C3)N4)n2)cc1.Cl. The van der Waals surface area contributed by atoms with Crippen LogP contribution in [0, 0.1) is 0 Å². The summed E-state index contributed by atoms with van der Waals surface area (Å²) < 4.78 is 5.33. The van der Waals surface area contributed by atoms with Crippen LogP contribution in [0.25, 0.3) is 11.4 Å². The Labute approximate surface area is 172 Å². The zero-order chi connectivity index (χ0) is 18.8. The molecule has 2 aromatic rings. The van der Waals surface area contributed by atoms with E-state index in [0.717, 1.165) is 18.4 Å². The fourth-order valence-corrected chi connectivity index (χ4v) is 4.19. The van der Waals surface area contributed by atoms with Gasteiger partial charge in [0.15, 0.2) is 0 Å². The van der Waals surface area contributed by atoms with E-state index in [1.54, 1.807) is 0 Å². The van der Waals surface area contributed by atoms with E-state index in [9.17, 15) is 4.79 Å². The Morgan fingerprint density at radius 1 is 1.21 bits per heavy atom. The summed E-state index contributed by atoms with van der Waals surface area (Å²) in [6.07, 6.45) is 5.41. The van der Waals surface area contributed by atoms with Gasteiger partial charge in [-0.15, -0.1) is 12.4 Å². The zero-order valence-electron chi connectivity index (χ0n) is 16.5. The van der Waals surface area contributed by atoms with Crippen molar-refractivity contribution in [2.45, 2.75) is 76.4 Å². The predicted molar refractivity (Wildman–Crippen MR) is 111 cm³/mol. The second-order valence-corrected chi connectivity index (χ2v) is 8.16. The van der Waals surface area contributed by atoms with E-state index in [-0.39, 0.29) is 18.3 Å². The molecule has 2 atom stereocenters. The molecule has 2 saturated heterocycles. The Hall–Kier alpha value is -1.92. The van der Waals surface area contributed by atoms with Gasteiger partial charge in [0.2, 0.25) is 17.6 Å². The van der Waals surface area contributed by atoms with Crippen molar-refractivity contribution < 1.29 is 9.32 Å². The normalized spacial score (nSPS) is 23.5. The van der Waals surface area contributed by atoms with Crippen molar-refractivity contribution in [3.63, 3.8) is 0 Å². The Morgan fingerprint density at radius 2 is 1.89 bits per heavy atom. The fraction of sp³-hybridized carbons (Fsp3) is 0.571. The van der Waals surface area contributed by atoms with Gasteiger partial charge in [0.25, 0.3) is 0 Å². The highest BCUT2D eigenvalue weighted by Gasteiger charge is 2.33.